The summed E-state index contributed by atoms with van der Waals surface area (Å²) in [5.41, 5.74) is 1.20. The van der Waals surface area contributed by atoms with Gasteiger partial charge in [0.2, 0.25) is 10.0 Å². The molecule has 18 heavy (non-hydrogen) atoms. The molecule has 1 N–H and O–H groups in total. The molecule has 0 aromatic carbocycles. The summed E-state index contributed by atoms with van der Waals surface area (Å²) in [6, 6.07) is 2.04. The van der Waals surface area contributed by atoms with Crippen LogP contribution in [0, 0.1) is 0 Å². The molecule has 0 atom stereocenters. The van der Waals surface area contributed by atoms with Gasteiger partial charge in [0, 0.05) is 26.2 Å². The molecule has 102 valence electrons. The third-order valence-corrected chi connectivity index (χ3v) is 5.41. The lowest BCUT2D eigenvalue weighted by molar-refractivity contribution is 0.0730. The Balaban J connectivity index is 1.71. The number of morpholine rings is 1. The van der Waals surface area contributed by atoms with Crippen molar-refractivity contribution in [2.75, 3.05) is 38.6 Å². The molecular weight excluding hydrogens is 272 g/mol. The number of sulfonamides is 1. The largest absolute Gasteiger partial charge is 0.379 e. The van der Waals surface area contributed by atoms with Crippen molar-refractivity contribution in [3.63, 3.8) is 0 Å². The quantitative estimate of drug-likeness (QED) is 0.775. The Morgan fingerprint density at radius 1 is 1.39 bits per heavy atom. The number of hydrogen-bond donors (Lipinski definition) is 1. The highest BCUT2D eigenvalue weighted by Gasteiger charge is 2.23. The van der Waals surface area contributed by atoms with E-state index >= 15 is 0 Å². The Bertz CT molecular complexity index is 439. The summed E-state index contributed by atoms with van der Waals surface area (Å²) in [4.78, 5) is 0. The van der Waals surface area contributed by atoms with Crippen LogP contribution in [0.15, 0.2) is 16.8 Å². The first-order valence-corrected chi connectivity index (χ1v) is 8.51. The Kier molecular flexibility index (Phi) is 5.13. The van der Waals surface area contributed by atoms with Gasteiger partial charge in [0.1, 0.15) is 0 Å². The van der Waals surface area contributed by atoms with E-state index in [1.165, 1.54) is 9.87 Å². The van der Waals surface area contributed by atoms with Crippen LogP contribution >= 0.6 is 11.3 Å². The van der Waals surface area contributed by atoms with Crippen LogP contribution in [0.4, 0.5) is 0 Å². The second-order valence-corrected chi connectivity index (χ2v) is 7.00. The van der Waals surface area contributed by atoms with Crippen LogP contribution < -0.4 is 5.32 Å². The highest BCUT2D eigenvalue weighted by atomic mass is 32.2. The van der Waals surface area contributed by atoms with Crippen molar-refractivity contribution in [1.82, 2.24) is 9.62 Å². The maximum atomic E-state index is 12.0. The first-order chi connectivity index (χ1) is 8.68. The molecule has 1 aliphatic rings. The van der Waals surface area contributed by atoms with Gasteiger partial charge in [0.15, 0.2) is 0 Å². The third kappa shape index (κ3) is 4.03. The topological polar surface area (TPSA) is 58.6 Å². The van der Waals surface area contributed by atoms with Gasteiger partial charge in [-0.05, 0) is 22.4 Å². The van der Waals surface area contributed by atoms with E-state index in [1.54, 1.807) is 11.3 Å². The number of ether oxygens (including phenoxy) is 1. The average Bonchev–Trinajstić information content (AvgIpc) is 2.89. The lowest BCUT2D eigenvalue weighted by Crippen LogP contribution is -2.43. The van der Waals surface area contributed by atoms with E-state index in [4.69, 9.17) is 4.74 Å². The minimum atomic E-state index is -3.13. The molecule has 1 fully saturated rings. The van der Waals surface area contributed by atoms with E-state index in [9.17, 15) is 8.42 Å². The van der Waals surface area contributed by atoms with Gasteiger partial charge in [0.25, 0.3) is 0 Å². The monoisotopic (exact) mass is 290 g/mol. The fourth-order valence-corrected chi connectivity index (χ4v) is 3.82. The minimum Gasteiger partial charge on any atom is -0.379 e. The number of thiophene rings is 1. The summed E-state index contributed by atoms with van der Waals surface area (Å²) in [7, 11) is -3.13. The maximum absolute atomic E-state index is 12.0. The summed E-state index contributed by atoms with van der Waals surface area (Å²) < 4.78 is 30.6. The van der Waals surface area contributed by atoms with Crippen LogP contribution in [0.25, 0.3) is 0 Å². The SMILES string of the molecule is O=S(=O)(CCNCc1ccsc1)N1CCOCC1. The van der Waals surface area contributed by atoms with E-state index < -0.39 is 10.0 Å². The van der Waals surface area contributed by atoms with E-state index in [0.717, 1.165) is 6.54 Å². The summed E-state index contributed by atoms with van der Waals surface area (Å²) in [5.74, 6) is 0.150. The van der Waals surface area contributed by atoms with Gasteiger partial charge in [-0.15, -0.1) is 0 Å². The fourth-order valence-electron chi connectivity index (χ4n) is 1.78. The minimum absolute atomic E-state index is 0.150. The van der Waals surface area contributed by atoms with Crippen molar-refractivity contribution in [1.29, 1.82) is 0 Å². The highest BCUT2D eigenvalue weighted by Crippen LogP contribution is 2.06. The van der Waals surface area contributed by atoms with Crippen molar-refractivity contribution in [3.05, 3.63) is 22.4 Å². The number of hydrogen-bond acceptors (Lipinski definition) is 5. The lowest BCUT2D eigenvalue weighted by Gasteiger charge is -2.26. The van der Waals surface area contributed by atoms with Crippen molar-refractivity contribution in [3.8, 4) is 0 Å². The predicted molar refractivity (Wildman–Crippen MR) is 72.2 cm³/mol. The van der Waals surface area contributed by atoms with Gasteiger partial charge in [-0.2, -0.15) is 15.6 Å². The van der Waals surface area contributed by atoms with E-state index in [1.807, 2.05) is 11.4 Å². The predicted octanol–water partition coefficient (Wildman–Crippen LogP) is 0.500. The van der Waals surface area contributed by atoms with Crippen LogP contribution in [-0.2, 0) is 21.3 Å². The van der Waals surface area contributed by atoms with Crippen LogP contribution in [0.2, 0.25) is 0 Å². The molecule has 1 aromatic rings. The molecule has 5 nitrogen and oxygen atoms in total. The van der Waals surface area contributed by atoms with Gasteiger partial charge in [-0.3, -0.25) is 0 Å². The molecule has 2 rings (SSSR count). The van der Waals surface area contributed by atoms with Gasteiger partial charge in [-0.25, -0.2) is 8.42 Å². The maximum Gasteiger partial charge on any atom is 0.215 e. The van der Waals surface area contributed by atoms with E-state index in [2.05, 4.69) is 10.7 Å². The zero-order chi connectivity index (χ0) is 12.8. The first kappa shape index (κ1) is 14.0. The molecule has 1 aromatic heterocycles. The molecule has 0 bridgehead atoms. The fraction of sp³-hybridized carbons (Fsp3) is 0.636. The lowest BCUT2D eigenvalue weighted by atomic mass is 10.3. The van der Waals surface area contributed by atoms with Crippen LogP contribution in [-0.4, -0.2) is 51.3 Å². The van der Waals surface area contributed by atoms with E-state index in [0.29, 0.717) is 32.8 Å². The van der Waals surface area contributed by atoms with Gasteiger partial charge in [0.05, 0.1) is 19.0 Å². The van der Waals surface area contributed by atoms with Gasteiger partial charge >= 0.3 is 0 Å². The second kappa shape index (κ2) is 6.63. The van der Waals surface area contributed by atoms with Crippen molar-refractivity contribution in [2.24, 2.45) is 0 Å². The molecule has 0 amide bonds. The average molecular weight is 290 g/mol. The molecule has 0 aliphatic carbocycles. The van der Waals surface area contributed by atoms with Crippen molar-refractivity contribution < 1.29 is 13.2 Å². The molecule has 7 heteroatoms. The Hall–Kier alpha value is -0.470. The zero-order valence-corrected chi connectivity index (χ0v) is 11.8. The normalized spacial score (nSPS) is 18.0. The van der Waals surface area contributed by atoms with Gasteiger partial charge in [-0.1, -0.05) is 0 Å². The second-order valence-electron chi connectivity index (χ2n) is 4.14. The summed E-state index contributed by atoms with van der Waals surface area (Å²) in [5, 5.41) is 7.23. The van der Waals surface area contributed by atoms with Crippen molar-refractivity contribution in [2.45, 2.75) is 6.54 Å². The molecule has 1 saturated heterocycles. The molecule has 0 radical (unpaired) electrons. The highest BCUT2D eigenvalue weighted by molar-refractivity contribution is 7.89. The van der Waals surface area contributed by atoms with Crippen LogP contribution in [0.5, 0.6) is 0 Å². The third-order valence-electron chi connectivity index (χ3n) is 2.81. The zero-order valence-electron chi connectivity index (χ0n) is 10.2. The molecule has 1 aliphatic heterocycles. The summed E-state index contributed by atoms with van der Waals surface area (Å²) in [6.07, 6.45) is 0. The van der Waals surface area contributed by atoms with Crippen LogP contribution in [0.3, 0.4) is 0 Å². The molecule has 2 heterocycles. The number of nitrogens with zero attached hydrogens (tertiary/aromatic N) is 1. The Labute approximate surface area is 112 Å². The summed E-state index contributed by atoms with van der Waals surface area (Å²) >= 11 is 1.65. The van der Waals surface area contributed by atoms with Crippen LogP contribution in [0.1, 0.15) is 5.56 Å². The van der Waals surface area contributed by atoms with Crippen molar-refractivity contribution >= 4 is 21.4 Å². The molecular formula is C11H18N2O3S2. The summed E-state index contributed by atoms with van der Waals surface area (Å²) in [6.45, 7) is 3.17. The first-order valence-electron chi connectivity index (χ1n) is 5.96. The standard InChI is InChI=1S/C11H18N2O3S2/c14-18(15,13-3-5-16-6-4-13)8-2-12-9-11-1-7-17-10-11/h1,7,10,12H,2-6,8-9H2. The molecule has 0 saturated carbocycles. The van der Waals surface area contributed by atoms with Gasteiger partial charge < -0.3 is 10.1 Å². The number of nitrogens with one attached hydrogen (secondary N) is 1. The molecule has 0 unspecified atom stereocenters. The Morgan fingerprint density at radius 3 is 2.83 bits per heavy atom. The molecule has 0 spiro atoms. The van der Waals surface area contributed by atoms with E-state index in [-0.39, 0.29) is 5.75 Å². The smallest absolute Gasteiger partial charge is 0.215 e. The number of rotatable bonds is 6. The Morgan fingerprint density at radius 2 is 2.17 bits per heavy atom.